The summed E-state index contributed by atoms with van der Waals surface area (Å²) < 4.78 is 45.0. The molecule has 3 amide bonds. The van der Waals surface area contributed by atoms with Crippen LogP contribution in [0.3, 0.4) is 0 Å². The lowest BCUT2D eigenvalue weighted by Crippen LogP contribution is -2.37. The van der Waals surface area contributed by atoms with Crippen LogP contribution in [0.4, 0.5) is 29.3 Å². The van der Waals surface area contributed by atoms with Crippen molar-refractivity contribution in [2.24, 2.45) is 0 Å². The molecular formula is C19H21F3N4O5. The highest BCUT2D eigenvalue weighted by atomic mass is 19.3. The first-order chi connectivity index (χ1) is 14.7. The second kappa shape index (κ2) is 7.91. The highest BCUT2D eigenvalue weighted by molar-refractivity contribution is 5.91. The Bertz CT molecular complexity index is 917. The largest absolute Gasteiger partial charge is 0.438 e. The van der Waals surface area contributed by atoms with E-state index in [1.54, 1.807) is 11.0 Å². The van der Waals surface area contributed by atoms with Gasteiger partial charge in [0.1, 0.15) is 5.82 Å². The van der Waals surface area contributed by atoms with Gasteiger partial charge in [-0.1, -0.05) is 0 Å². The maximum Gasteiger partial charge on any atom is 0.415 e. The molecule has 0 radical (unpaired) electrons. The third-order valence-corrected chi connectivity index (χ3v) is 5.59. The van der Waals surface area contributed by atoms with E-state index in [1.165, 1.54) is 29.0 Å². The molecule has 1 saturated carbocycles. The van der Waals surface area contributed by atoms with Crippen molar-refractivity contribution >= 4 is 29.3 Å². The van der Waals surface area contributed by atoms with Crippen LogP contribution in [-0.2, 0) is 19.2 Å². The van der Waals surface area contributed by atoms with Crippen LogP contribution in [0.25, 0.3) is 0 Å². The fourth-order valence-electron chi connectivity index (χ4n) is 3.84. The number of hydrogen-bond donors (Lipinski definition) is 1. The van der Waals surface area contributed by atoms with Gasteiger partial charge < -0.3 is 15.0 Å². The number of benzene rings is 1. The van der Waals surface area contributed by atoms with Gasteiger partial charge in [-0.3, -0.25) is 19.3 Å². The van der Waals surface area contributed by atoms with E-state index in [0.717, 1.165) is 0 Å². The van der Waals surface area contributed by atoms with E-state index >= 15 is 0 Å². The number of halogens is 3. The maximum atomic E-state index is 14.9. The van der Waals surface area contributed by atoms with Crippen LogP contribution in [0.1, 0.15) is 13.3 Å². The summed E-state index contributed by atoms with van der Waals surface area (Å²) in [5.74, 6) is -2.22. The number of anilines is 2. The minimum atomic E-state index is -3.15. The molecule has 2 saturated heterocycles. The number of alkyl halides is 2. The molecule has 3 aliphatic rings. The molecule has 0 aromatic heterocycles. The van der Waals surface area contributed by atoms with Crippen molar-refractivity contribution in [2.75, 3.05) is 42.6 Å². The number of ether oxygens (including phenoxy) is 1. The van der Waals surface area contributed by atoms with Crippen molar-refractivity contribution in [1.29, 1.82) is 0 Å². The van der Waals surface area contributed by atoms with Gasteiger partial charge in [0.2, 0.25) is 5.91 Å². The first-order valence-corrected chi connectivity index (χ1v) is 9.75. The van der Waals surface area contributed by atoms with Crippen molar-refractivity contribution in [2.45, 2.75) is 31.4 Å². The summed E-state index contributed by atoms with van der Waals surface area (Å²) in [7, 11) is 0. The summed E-state index contributed by atoms with van der Waals surface area (Å²) in [6, 6.07) is 3.57. The molecule has 9 nitrogen and oxygen atoms in total. The normalized spacial score (nSPS) is 25.6. The molecule has 1 spiro atoms. The van der Waals surface area contributed by atoms with Gasteiger partial charge in [0.05, 0.1) is 37.1 Å². The van der Waals surface area contributed by atoms with Crippen LogP contribution in [0.15, 0.2) is 18.2 Å². The zero-order valence-corrected chi connectivity index (χ0v) is 16.6. The van der Waals surface area contributed by atoms with Crippen molar-refractivity contribution in [3.05, 3.63) is 24.0 Å². The van der Waals surface area contributed by atoms with E-state index < -0.39 is 35.9 Å². The molecule has 1 N–H and O–H groups in total. The quantitative estimate of drug-likeness (QED) is 0.756. The molecule has 3 fully saturated rings. The van der Waals surface area contributed by atoms with Crippen molar-refractivity contribution in [1.82, 2.24) is 10.4 Å². The number of rotatable bonds is 4. The standard InChI is InChI=1S/C19H21F3N4O5/c1-11(27)26-5-4-24(6-7-30-26)14-3-2-12(8-13(14)20)25-10-19(31-18(25)29)9-15(19)23-17(28)16(21)22/h2-3,8,15-16H,4-7,9-10H2,1H3,(H,23,28). The summed E-state index contributed by atoms with van der Waals surface area (Å²) in [4.78, 5) is 43.2. The predicted octanol–water partition coefficient (Wildman–Crippen LogP) is 1.27. The molecule has 12 heteroatoms. The highest BCUT2D eigenvalue weighted by Gasteiger charge is 2.64. The van der Waals surface area contributed by atoms with Gasteiger partial charge in [-0.05, 0) is 18.2 Å². The van der Waals surface area contributed by atoms with E-state index in [-0.39, 0.29) is 37.7 Å². The van der Waals surface area contributed by atoms with Crippen molar-refractivity contribution in [3.8, 4) is 0 Å². The molecular weight excluding hydrogens is 421 g/mol. The van der Waals surface area contributed by atoms with E-state index in [1.807, 2.05) is 0 Å². The molecule has 1 aliphatic carbocycles. The SMILES string of the molecule is CC(=O)N1CCN(c2ccc(N3CC4(CC4NC(=O)C(F)F)OC3=O)cc2F)CCO1. The van der Waals surface area contributed by atoms with Crippen LogP contribution < -0.4 is 15.1 Å². The second-order valence-corrected chi connectivity index (χ2v) is 7.66. The predicted molar refractivity (Wildman–Crippen MR) is 101 cm³/mol. The first-order valence-electron chi connectivity index (χ1n) is 9.75. The van der Waals surface area contributed by atoms with Gasteiger partial charge >= 0.3 is 12.5 Å². The van der Waals surface area contributed by atoms with E-state index in [4.69, 9.17) is 9.57 Å². The van der Waals surface area contributed by atoms with Gasteiger partial charge in [-0.25, -0.2) is 14.2 Å². The fourth-order valence-corrected chi connectivity index (χ4v) is 3.84. The van der Waals surface area contributed by atoms with E-state index in [2.05, 4.69) is 5.32 Å². The maximum absolute atomic E-state index is 14.9. The summed E-state index contributed by atoms with van der Waals surface area (Å²) >= 11 is 0. The molecule has 1 aromatic rings. The molecule has 2 atom stereocenters. The Morgan fingerprint density at radius 2 is 2.03 bits per heavy atom. The average Bonchev–Trinajstić information content (AvgIpc) is 3.33. The number of hydroxylamine groups is 2. The Morgan fingerprint density at radius 1 is 1.26 bits per heavy atom. The van der Waals surface area contributed by atoms with Crippen LogP contribution >= 0.6 is 0 Å². The van der Waals surface area contributed by atoms with Gasteiger partial charge in [0.25, 0.3) is 5.91 Å². The Kier molecular flexibility index (Phi) is 5.42. The van der Waals surface area contributed by atoms with Gasteiger partial charge in [-0.15, -0.1) is 0 Å². The van der Waals surface area contributed by atoms with Crippen LogP contribution in [0.5, 0.6) is 0 Å². The number of carbonyl (C=O) groups is 3. The number of nitrogens with zero attached hydrogens (tertiary/aromatic N) is 3. The summed E-state index contributed by atoms with van der Waals surface area (Å²) in [6.07, 6.45) is -3.67. The molecule has 1 aromatic carbocycles. The molecule has 0 bridgehead atoms. The Morgan fingerprint density at radius 3 is 2.71 bits per heavy atom. The van der Waals surface area contributed by atoms with Crippen LogP contribution in [0, 0.1) is 5.82 Å². The Balaban J connectivity index is 1.43. The van der Waals surface area contributed by atoms with Crippen molar-refractivity contribution < 1.29 is 37.1 Å². The van der Waals surface area contributed by atoms with Gasteiger partial charge in [0.15, 0.2) is 5.60 Å². The first kappa shape index (κ1) is 21.2. The van der Waals surface area contributed by atoms with Crippen molar-refractivity contribution in [3.63, 3.8) is 0 Å². The lowest BCUT2D eigenvalue weighted by atomic mass is 10.2. The number of hydrogen-bond acceptors (Lipinski definition) is 6. The lowest BCUT2D eigenvalue weighted by Gasteiger charge is -2.23. The molecule has 2 aliphatic heterocycles. The Hall–Kier alpha value is -3.02. The molecule has 168 valence electrons. The summed E-state index contributed by atoms with van der Waals surface area (Å²) in [6.45, 7) is 2.65. The van der Waals surface area contributed by atoms with E-state index in [9.17, 15) is 27.6 Å². The monoisotopic (exact) mass is 442 g/mol. The van der Waals surface area contributed by atoms with Crippen LogP contribution in [-0.4, -0.2) is 73.8 Å². The zero-order chi connectivity index (χ0) is 22.3. The highest BCUT2D eigenvalue weighted by Crippen LogP contribution is 2.46. The molecule has 4 rings (SSSR count). The third kappa shape index (κ3) is 4.11. The minimum Gasteiger partial charge on any atom is -0.438 e. The fraction of sp³-hybridized carbons (Fsp3) is 0.526. The topological polar surface area (TPSA) is 91.4 Å². The number of nitrogens with one attached hydrogen (secondary N) is 1. The zero-order valence-electron chi connectivity index (χ0n) is 16.6. The summed E-state index contributed by atoms with van der Waals surface area (Å²) in [5, 5.41) is 3.37. The second-order valence-electron chi connectivity index (χ2n) is 7.66. The third-order valence-electron chi connectivity index (χ3n) is 5.59. The van der Waals surface area contributed by atoms with Gasteiger partial charge in [-0.2, -0.15) is 8.78 Å². The van der Waals surface area contributed by atoms with Gasteiger partial charge in [0, 0.05) is 26.4 Å². The number of carbonyl (C=O) groups excluding carboxylic acids is 3. The lowest BCUT2D eigenvalue weighted by molar-refractivity contribution is -0.179. The average molecular weight is 442 g/mol. The molecule has 31 heavy (non-hydrogen) atoms. The minimum absolute atomic E-state index is 0.0178. The number of amides is 3. The van der Waals surface area contributed by atoms with E-state index in [0.29, 0.717) is 18.8 Å². The molecule has 2 heterocycles. The Labute approximate surface area is 175 Å². The smallest absolute Gasteiger partial charge is 0.415 e. The summed E-state index contributed by atoms with van der Waals surface area (Å²) in [5.41, 5.74) is -0.520. The van der Waals surface area contributed by atoms with Crippen LogP contribution in [0.2, 0.25) is 0 Å². The molecule has 2 unspecified atom stereocenters.